The average molecular weight is 282 g/mol. The second kappa shape index (κ2) is 4.58. The molecule has 0 heterocycles. The third-order valence-electron chi connectivity index (χ3n) is 3.35. The first-order chi connectivity index (χ1) is 7.59. The van der Waals surface area contributed by atoms with Crippen LogP contribution in [0.25, 0.3) is 0 Å². The normalized spacial score (nSPS) is 15.7. The average Bonchev–Trinajstić information content (AvgIpc) is 2.18. The molecule has 0 spiro atoms. The van der Waals surface area contributed by atoms with Crippen LogP contribution < -0.4 is 0 Å². The number of hydrogen-bond donors (Lipinski definition) is 0. The van der Waals surface area contributed by atoms with Gasteiger partial charge in [-0.1, -0.05) is 15.9 Å². The van der Waals surface area contributed by atoms with Gasteiger partial charge in [-0.05, 0) is 49.9 Å². The molecule has 1 aromatic rings. The van der Waals surface area contributed by atoms with Crippen molar-refractivity contribution < 1.29 is 4.79 Å². The molecule has 0 saturated heterocycles. The predicted octanol–water partition coefficient (Wildman–Crippen LogP) is 3.38. The molecule has 16 heavy (non-hydrogen) atoms. The van der Waals surface area contributed by atoms with Crippen molar-refractivity contribution in [2.24, 2.45) is 0 Å². The summed E-state index contributed by atoms with van der Waals surface area (Å²) in [5.41, 5.74) is 1.89. The molecule has 0 bridgehead atoms. The van der Waals surface area contributed by atoms with E-state index in [1.165, 1.54) is 6.42 Å². The molecule has 0 unspecified atom stereocenters. The van der Waals surface area contributed by atoms with Crippen molar-refractivity contribution in [1.29, 1.82) is 0 Å². The molecule has 0 N–H and O–H groups in total. The van der Waals surface area contributed by atoms with Crippen molar-refractivity contribution >= 4 is 21.8 Å². The van der Waals surface area contributed by atoms with Crippen molar-refractivity contribution in [3.63, 3.8) is 0 Å². The highest BCUT2D eigenvalue weighted by Crippen LogP contribution is 2.25. The van der Waals surface area contributed by atoms with Gasteiger partial charge in [-0.25, -0.2) is 0 Å². The van der Waals surface area contributed by atoms with E-state index >= 15 is 0 Å². The third-order valence-corrected chi connectivity index (χ3v) is 4.24. The standard InChI is InChI=1S/C13H16BrNO/c1-9-8-10(6-7-12(9)14)13(16)15(2)11-4-3-5-11/h6-8,11H,3-5H2,1-2H3. The number of carbonyl (C=O) groups excluding carboxylic acids is 1. The summed E-state index contributed by atoms with van der Waals surface area (Å²) in [4.78, 5) is 14.0. The van der Waals surface area contributed by atoms with Crippen LogP contribution in [0, 0.1) is 6.92 Å². The smallest absolute Gasteiger partial charge is 0.253 e. The van der Waals surface area contributed by atoms with Crippen molar-refractivity contribution in [3.05, 3.63) is 33.8 Å². The van der Waals surface area contributed by atoms with E-state index in [-0.39, 0.29) is 5.91 Å². The number of benzene rings is 1. The molecular weight excluding hydrogens is 266 g/mol. The Labute approximate surface area is 105 Å². The minimum absolute atomic E-state index is 0.139. The van der Waals surface area contributed by atoms with Gasteiger partial charge in [-0.2, -0.15) is 0 Å². The maximum Gasteiger partial charge on any atom is 0.253 e. The van der Waals surface area contributed by atoms with Gasteiger partial charge in [0.25, 0.3) is 5.91 Å². The Bertz CT molecular complexity index is 412. The van der Waals surface area contributed by atoms with Crippen molar-refractivity contribution in [1.82, 2.24) is 4.90 Å². The van der Waals surface area contributed by atoms with E-state index in [0.717, 1.165) is 28.4 Å². The summed E-state index contributed by atoms with van der Waals surface area (Å²) in [6.45, 7) is 2.00. The Kier molecular flexibility index (Phi) is 3.33. The van der Waals surface area contributed by atoms with Crippen LogP contribution in [-0.2, 0) is 0 Å². The lowest BCUT2D eigenvalue weighted by Gasteiger charge is -2.34. The zero-order valence-corrected chi connectivity index (χ0v) is 11.3. The van der Waals surface area contributed by atoms with E-state index in [4.69, 9.17) is 0 Å². The maximum absolute atomic E-state index is 12.2. The van der Waals surface area contributed by atoms with E-state index in [1.54, 1.807) is 0 Å². The number of hydrogen-bond acceptors (Lipinski definition) is 1. The number of rotatable bonds is 2. The summed E-state index contributed by atoms with van der Waals surface area (Å²) in [5.74, 6) is 0.139. The molecule has 3 heteroatoms. The SMILES string of the molecule is Cc1cc(C(=O)N(C)C2CCC2)ccc1Br. The Morgan fingerprint density at radius 3 is 2.62 bits per heavy atom. The van der Waals surface area contributed by atoms with E-state index in [1.807, 2.05) is 37.1 Å². The summed E-state index contributed by atoms with van der Waals surface area (Å²) >= 11 is 3.44. The zero-order chi connectivity index (χ0) is 11.7. The van der Waals surface area contributed by atoms with Crippen LogP contribution in [0.5, 0.6) is 0 Å². The van der Waals surface area contributed by atoms with Crippen LogP contribution in [0.4, 0.5) is 0 Å². The van der Waals surface area contributed by atoms with E-state index < -0.39 is 0 Å². The first kappa shape index (κ1) is 11.6. The van der Waals surface area contributed by atoms with Gasteiger partial charge in [0, 0.05) is 23.1 Å². The fourth-order valence-electron chi connectivity index (χ4n) is 1.92. The molecule has 0 atom stereocenters. The lowest BCUT2D eigenvalue weighted by atomic mass is 9.91. The number of carbonyl (C=O) groups is 1. The van der Waals surface area contributed by atoms with Gasteiger partial charge in [0.2, 0.25) is 0 Å². The molecule has 1 fully saturated rings. The van der Waals surface area contributed by atoms with Crippen molar-refractivity contribution in [2.45, 2.75) is 32.2 Å². The topological polar surface area (TPSA) is 20.3 Å². The fraction of sp³-hybridized carbons (Fsp3) is 0.462. The lowest BCUT2D eigenvalue weighted by molar-refractivity contribution is 0.0652. The second-order valence-electron chi connectivity index (χ2n) is 4.46. The molecule has 86 valence electrons. The molecule has 0 radical (unpaired) electrons. The molecule has 1 aromatic carbocycles. The van der Waals surface area contributed by atoms with E-state index in [0.29, 0.717) is 6.04 Å². The van der Waals surface area contributed by atoms with Crippen molar-refractivity contribution in [2.75, 3.05) is 7.05 Å². The molecule has 1 aliphatic rings. The third kappa shape index (κ3) is 2.14. The summed E-state index contributed by atoms with van der Waals surface area (Å²) in [6, 6.07) is 6.23. The predicted molar refractivity (Wildman–Crippen MR) is 68.6 cm³/mol. The van der Waals surface area contributed by atoms with Gasteiger partial charge in [0.15, 0.2) is 0 Å². The highest BCUT2D eigenvalue weighted by Gasteiger charge is 2.26. The van der Waals surface area contributed by atoms with Gasteiger partial charge >= 0.3 is 0 Å². The molecular formula is C13H16BrNO. The Balaban J connectivity index is 2.16. The van der Waals surface area contributed by atoms with Crippen LogP contribution in [0.15, 0.2) is 22.7 Å². The number of halogens is 1. The fourth-order valence-corrected chi connectivity index (χ4v) is 2.17. The van der Waals surface area contributed by atoms with Crippen molar-refractivity contribution in [3.8, 4) is 0 Å². The van der Waals surface area contributed by atoms with Gasteiger partial charge < -0.3 is 4.90 Å². The molecule has 1 saturated carbocycles. The second-order valence-corrected chi connectivity index (χ2v) is 5.32. The number of aryl methyl sites for hydroxylation is 1. The Morgan fingerprint density at radius 1 is 1.44 bits per heavy atom. The minimum Gasteiger partial charge on any atom is -0.339 e. The van der Waals surface area contributed by atoms with Crippen LogP contribution in [0.1, 0.15) is 35.2 Å². The summed E-state index contributed by atoms with van der Waals surface area (Å²) < 4.78 is 1.05. The zero-order valence-electron chi connectivity index (χ0n) is 9.66. The Morgan fingerprint density at radius 2 is 2.12 bits per heavy atom. The van der Waals surface area contributed by atoms with Gasteiger partial charge in [0.1, 0.15) is 0 Å². The molecule has 0 aliphatic heterocycles. The van der Waals surface area contributed by atoms with Crippen LogP contribution in [0.2, 0.25) is 0 Å². The van der Waals surface area contributed by atoms with E-state index in [9.17, 15) is 4.79 Å². The summed E-state index contributed by atoms with van der Waals surface area (Å²) in [7, 11) is 1.91. The van der Waals surface area contributed by atoms with Gasteiger partial charge in [0.05, 0.1) is 0 Å². The molecule has 0 aromatic heterocycles. The first-order valence-electron chi connectivity index (χ1n) is 5.63. The summed E-state index contributed by atoms with van der Waals surface area (Å²) in [6.07, 6.45) is 3.55. The van der Waals surface area contributed by atoms with Gasteiger partial charge in [-0.15, -0.1) is 0 Å². The Hall–Kier alpha value is -0.830. The maximum atomic E-state index is 12.2. The van der Waals surface area contributed by atoms with Crippen LogP contribution in [0.3, 0.4) is 0 Å². The minimum atomic E-state index is 0.139. The van der Waals surface area contributed by atoms with E-state index in [2.05, 4.69) is 15.9 Å². The molecule has 1 amide bonds. The largest absolute Gasteiger partial charge is 0.339 e. The highest BCUT2D eigenvalue weighted by atomic mass is 79.9. The van der Waals surface area contributed by atoms with Crippen LogP contribution >= 0.6 is 15.9 Å². The molecule has 1 aliphatic carbocycles. The molecule has 2 nitrogen and oxygen atoms in total. The van der Waals surface area contributed by atoms with Crippen LogP contribution in [-0.4, -0.2) is 23.9 Å². The lowest BCUT2D eigenvalue weighted by Crippen LogP contribution is -2.41. The molecule has 2 rings (SSSR count). The first-order valence-corrected chi connectivity index (χ1v) is 6.42. The quantitative estimate of drug-likeness (QED) is 0.814. The monoisotopic (exact) mass is 281 g/mol. The van der Waals surface area contributed by atoms with Gasteiger partial charge in [-0.3, -0.25) is 4.79 Å². The number of nitrogens with zero attached hydrogens (tertiary/aromatic N) is 1. The highest BCUT2D eigenvalue weighted by molar-refractivity contribution is 9.10. The summed E-state index contributed by atoms with van der Waals surface area (Å²) in [5, 5.41) is 0. The number of amides is 1.